The molecule has 0 fully saturated rings. The van der Waals surface area contributed by atoms with Crippen molar-refractivity contribution in [2.24, 2.45) is 0 Å². The van der Waals surface area contributed by atoms with Crippen LogP contribution in [0.4, 0.5) is 11.4 Å². The smallest absolute Gasteiger partial charge is 0.296 e. The molecule has 152 valence electrons. The number of benzene rings is 2. The van der Waals surface area contributed by atoms with Crippen molar-refractivity contribution >= 4 is 51.7 Å². The molecule has 0 atom stereocenters. The van der Waals surface area contributed by atoms with Gasteiger partial charge in [0.25, 0.3) is 5.69 Å². The zero-order valence-corrected chi connectivity index (χ0v) is 17.4. The van der Waals surface area contributed by atoms with Crippen LogP contribution in [0.25, 0.3) is 11.0 Å². The summed E-state index contributed by atoms with van der Waals surface area (Å²) in [5, 5.41) is 15.2. The van der Waals surface area contributed by atoms with Crippen LogP contribution in [0.15, 0.2) is 41.6 Å². The van der Waals surface area contributed by atoms with E-state index in [2.05, 4.69) is 17.2 Å². The Morgan fingerprint density at radius 2 is 2.14 bits per heavy atom. The van der Waals surface area contributed by atoms with E-state index in [1.807, 2.05) is 16.7 Å². The molecule has 0 aliphatic rings. The van der Waals surface area contributed by atoms with Crippen molar-refractivity contribution in [3.8, 4) is 5.75 Å². The number of imidazole rings is 1. The van der Waals surface area contributed by atoms with E-state index in [1.165, 1.54) is 31.0 Å². The number of fused-ring (bicyclic) bond motifs is 1. The number of thioether (sulfide) groups is 1. The second-order valence-corrected chi connectivity index (χ2v) is 7.54. The Balaban J connectivity index is 1.76. The monoisotopic (exact) mass is 434 g/mol. The van der Waals surface area contributed by atoms with E-state index < -0.39 is 4.92 Å². The summed E-state index contributed by atoms with van der Waals surface area (Å²) in [6.07, 6.45) is 0.909. The molecule has 0 radical (unpaired) electrons. The van der Waals surface area contributed by atoms with Crippen LogP contribution in [0.1, 0.15) is 13.3 Å². The largest absolute Gasteiger partial charge is 0.496 e. The van der Waals surface area contributed by atoms with Crippen LogP contribution in [-0.2, 0) is 11.3 Å². The number of nitro benzene ring substituents is 1. The lowest BCUT2D eigenvalue weighted by Crippen LogP contribution is -2.15. The van der Waals surface area contributed by atoms with Crippen LogP contribution in [0, 0.1) is 10.1 Å². The number of carbonyl (C=O) groups is 1. The van der Waals surface area contributed by atoms with Gasteiger partial charge in [0.15, 0.2) is 5.16 Å². The molecule has 0 aliphatic heterocycles. The second kappa shape index (κ2) is 9.15. The third-order valence-electron chi connectivity index (χ3n) is 4.13. The van der Waals surface area contributed by atoms with E-state index in [0.29, 0.717) is 15.9 Å². The van der Waals surface area contributed by atoms with E-state index >= 15 is 0 Å². The van der Waals surface area contributed by atoms with Crippen molar-refractivity contribution < 1.29 is 14.5 Å². The zero-order valence-electron chi connectivity index (χ0n) is 15.8. The lowest BCUT2D eigenvalue weighted by Gasteiger charge is -2.09. The average Bonchev–Trinajstić information content (AvgIpc) is 3.03. The maximum atomic E-state index is 12.4. The minimum atomic E-state index is -0.560. The molecule has 1 amide bonds. The van der Waals surface area contributed by atoms with Gasteiger partial charge < -0.3 is 14.6 Å². The predicted molar refractivity (Wildman–Crippen MR) is 114 cm³/mol. The molecule has 0 spiro atoms. The maximum absolute atomic E-state index is 12.4. The van der Waals surface area contributed by atoms with Crippen LogP contribution in [-0.4, -0.2) is 33.2 Å². The van der Waals surface area contributed by atoms with E-state index in [1.54, 1.807) is 12.1 Å². The average molecular weight is 435 g/mol. The standard InChI is InChI=1S/C19H19ClN4O4S/c1-3-8-23-16-7-4-12(20)9-15(16)22-19(23)29-11-18(25)21-14-6-5-13(28-2)10-17(14)24(26)27/h4-7,9-10H,3,8,11H2,1-2H3,(H,21,25). The summed E-state index contributed by atoms with van der Waals surface area (Å²) in [5.41, 5.74) is 1.61. The minimum Gasteiger partial charge on any atom is -0.496 e. The molecule has 1 heterocycles. The Bertz CT molecular complexity index is 1070. The van der Waals surface area contributed by atoms with Crippen molar-refractivity contribution in [3.05, 3.63) is 51.5 Å². The van der Waals surface area contributed by atoms with Crippen molar-refractivity contribution in [2.45, 2.75) is 25.0 Å². The summed E-state index contributed by atoms with van der Waals surface area (Å²) in [4.78, 5) is 27.7. The van der Waals surface area contributed by atoms with Gasteiger partial charge in [-0.2, -0.15) is 0 Å². The first kappa shape index (κ1) is 20.9. The van der Waals surface area contributed by atoms with Gasteiger partial charge in [0.1, 0.15) is 11.4 Å². The van der Waals surface area contributed by atoms with Crippen LogP contribution < -0.4 is 10.1 Å². The topological polar surface area (TPSA) is 99.3 Å². The third-order valence-corrected chi connectivity index (χ3v) is 5.34. The Labute approximate surface area is 176 Å². The molecular formula is C19H19ClN4O4S. The number of hydrogen-bond acceptors (Lipinski definition) is 6. The van der Waals surface area contributed by atoms with Crippen molar-refractivity contribution in [2.75, 3.05) is 18.2 Å². The summed E-state index contributed by atoms with van der Waals surface area (Å²) in [6, 6.07) is 9.78. The molecule has 2 aromatic carbocycles. The predicted octanol–water partition coefficient (Wildman–Crippen LogP) is 4.75. The molecule has 3 aromatic rings. The highest BCUT2D eigenvalue weighted by atomic mass is 35.5. The Kier molecular flexibility index (Phi) is 6.60. The highest BCUT2D eigenvalue weighted by Gasteiger charge is 2.18. The molecule has 1 N–H and O–H groups in total. The van der Waals surface area contributed by atoms with Gasteiger partial charge in [-0.15, -0.1) is 0 Å². The van der Waals surface area contributed by atoms with Gasteiger partial charge in [0.2, 0.25) is 5.91 Å². The molecule has 10 heteroatoms. The van der Waals surface area contributed by atoms with Gasteiger partial charge in [-0.05, 0) is 36.8 Å². The van der Waals surface area contributed by atoms with E-state index in [0.717, 1.165) is 24.0 Å². The molecule has 3 rings (SSSR count). The van der Waals surface area contributed by atoms with Crippen LogP contribution in [0.5, 0.6) is 5.75 Å². The summed E-state index contributed by atoms with van der Waals surface area (Å²) in [7, 11) is 1.42. The number of carbonyl (C=O) groups excluding carboxylic acids is 1. The fraction of sp³-hybridized carbons (Fsp3) is 0.263. The lowest BCUT2D eigenvalue weighted by molar-refractivity contribution is -0.384. The molecule has 0 aliphatic carbocycles. The number of anilines is 1. The van der Waals surface area contributed by atoms with Crippen molar-refractivity contribution in [1.82, 2.24) is 9.55 Å². The number of nitrogens with one attached hydrogen (secondary N) is 1. The quantitative estimate of drug-likeness (QED) is 0.312. The van der Waals surface area contributed by atoms with Crippen molar-refractivity contribution in [1.29, 1.82) is 0 Å². The number of ether oxygens (including phenoxy) is 1. The van der Waals surface area contributed by atoms with Crippen molar-refractivity contribution in [3.63, 3.8) is 0 Å². The summed E-state index contributed by atoms with van der Waals surface area (Å²) in [5.74, 6) is 0.0386. The zero-order chi connectivity index (χ0) is 21.0. The Morgan fingerprint density at radius 1 is 1.34 bits per heavy atom. The highest BCUT2D eigenvalue weighted by Crippen LogP contribution is 2.30. The second-order valence-electron chi connectivity index (χ2n) is 6.16. The van der Waals surface area contributed by atoms with Gasteiger partial charge >= 0.3 is 0 Å². The number of methoxy groups -OCH3 is 1. The molecule has 0 saturated carbocycles. The third kappa shape index (κ3) is 4.80. The summed E-state index contributed by atoms with van der Waals surface area (Å²) < 4.78 is 7.04. The Hall–Kier alpha value is -2.78. The van der Waals surface area contributed by atoms with Crippen LogP contribution in [0.3, 0.4) is 0 Å². The number of aryl methyl sites for hydroxylation is 1. The fourth-order valence-corrected chi connectivity index (χ4v) is 3.85. The number of rotatable bonds is 8. The first-order valence-corrected chi connectivity index (χ1v) is 10.2. The summed E-state index contributed by atoms with van der Waals surface area (Å²) in [6.45, 7) is 2.82. The molecule has 0 unspecified atom stereocenters. The number of aromatic nitrogens is 2. The number of hydrogen-bond donors (Lipinski definition) is 1. The highest BCUT2D eigenvalue weighted by molar-refractivity contribution is 7.99. The van der Waals surface area contributed by atoms with Crippen LogP contribution >= 0.6 is 23.4 Å². The number of nitrogens with zero attached hydrogens (tertiary/aromatic N) is 3. The minimum absolute atomic E-state index is 0.0595. The van der Waals surface area contributed by atoms with E-state index in [9.17, 15) is 14.9 Å². The lowest BCUT2D eigenvalue weighted by atomic mass is 10.2. The normalized spacial score (nSPS) is 10.9. The number of halogens is 1. The fourth-order valence-electron chi connectivity index (χ4n) is 2.84. The SMILES string of the molecule is CCCn1c(SCC(=O)Nc2ccc(OC)cc2[N+](=O)[O-])nc2cc(Cl)ccc21. The Morgan fingerprint density at radius 3 is 2.83 bits per heavy atom. The number of nitro groups is 1. The van der Waals surface area contributed by atoms with E-state index in [-0.39, 0.29) is 23.0 Å². The first-order valence-electron chi connectivity index (χ1n) is 8.83. The summed E-state index contributed by atoms with van der Waals surface area (Å²) >= 11 is 7.32. The molecule has 8 nitrogen and oxygen atoms in total. The molecular weight excluding hydrogens is 416 g/mol. The van der Waals surface area contributed by atoms with Gasteiger partial charge in [-0.3, -0.25) is 14.9 Å². The van der Waals surface area contributed by atoms with Crippen LogP contribution in [0.2, 0.25) is 5.02 Å². The molecule has 0 bridgehead atoms. The molecule has 29 heavy (non-hydrogen) atoms. The molecule has 1 aromatic heterocycles. The maximum Gasteiger partial charge on any atom is 0.296 e. The van der Waals surface area contributed by atoms with Gasteiger partial charge in [0, 0.05) is 11.6 Å². The van der Waals surface area contributed by atoms with Gasteiger partial charge in [0.05, 0.1) is 34.9 Å². The van der Waals surface area contributed by atoms with Gasteiger partial charge in [-0.1, -0.05) is 30.3 Å². The number of amides is 1. The first-order chi connectivity index (χ1) is 13.9. The van der Waals surface area contributed by atoms with E-state index in [4.69, 9.17) is 16.3 Å². The van der Waals surface area contributed by atoms with Gasteiger partial charge in [-0.25, -0.2) is 4.98 Å². The molecule has 0 saturated heterocycles.